The molecule has 2 aliphatic rings. The van der Waals surface area contributed by atoms with E-state index < -0.39 is 16.6 Å². The van der Waals surface area contributed by atoms with Crippen LogP contribution in [0.4, 0.5) is 0 Å². The van der Waals surface area contributed by atoms with E-state index in [0.29, 0.717) is 58.2 Å². The van der Waals surface area contributed by atoms with E-state index in [2.05, 4.69) is 157 Å². The maximum atomic E-state index is 7.81. The lowest BCUT2D eigenvalue weighted by Gasteiger charge is -2.57. The number of hydrogen-bond donors (Lipinski definition) is 0. The average Bonchev–Trinajstić information content (AvgIpc) is 3.00. The molecule has 4 heteroatoms. The fourth-order valence-corrected chi connectivity index (χ4v) is 21.0. The monoisotopic (exact) mass is 660 g/mol. The number of hydrogen-bond acceptors (Lipinski definition) is 2. The van der Waals surface area contributed by atoms with Crippen molar-refractivity contribution in [2.75, 3.05) is 6.61 Å². The van der Waals surface area contributed by atoms with Gasteiger partial charge in [-0.1, -0.05) is 148 Å². The van der Waals surface area contributed by atoms with E-state index in [9.17, 15) is 0 Å². The summed E-state index contributed by atoms with van der Waals surface area (Å²) in [5, 5.41) is 2.74. The van der Waals surface area contributed by atoms with Crippen LogP contribution in [0.15, 0.2) is 72.3 Å². The second kappa shape index (κ2) is 15.0. The lowest BCUT2D eigenvalue weighted by atomic mass is 9.53. The molecule has 46 heavy (non-hydrogen) atoms. The van der Waals surface area contributed by atoms with Crippen LogP contribution in [0.25, 0.3) is 0 Å². The molecule has 0 spiro atoms. The molecule has 2 aromatic rings. The Labute approximate surface area is 286 Å². The summed E-state index contributed by atoms with van der Waals surface area (Å²) in [6.45, 7) is 32.5. The molecule has 0 saturated heterocycles. The Kier molecular flexibility index (Phi) is 12.2. The first-order valence-corrected chi connectivity index (χ1v) is 22.7. The summed E-state index contributed by atoms with van der Waals surface area (Å²) < 4.78 is 15.5. The molecular formula is C42H68O2Si2. The third-order valence-electron chi connectivity index (χ3n) is 12.7. The second-order valence-corrected chi connectivity index (χ2v) is 26.9. The van der Waals surface area contributed by atoms with Gasteiger partial charge in [0.15, 0.2) is 0 Å². The highest BCUT2D eigenvalue weighted by Crippen LogP contribution is 2.56. The largest absolute Gasteiger partial charge is 0.413 e. The van der Waals surface area contributed by atoms with Gasteiger partial charge in [-0.25, -0.2) is 0 Å². The molecule has 0 radical (unpaired) electrons. The predicted octanol–water partition coefficient (Wildman–Crippen LogP) is 11.0. The van der Waals surface area contributed by atoms with Crippen LogP contribution >= 0.6 is 0 Å². The van der Waals surface area contributed by atoms with E-state index in [4.69, 9.17) is 8.85 Å². The van der Waals surface area contributed by atoms with Crippen molar-refractivity contribution in [3.8, 4) is 0 Å². The summed E-state index contributed by atoms with van der Waals surface area (Å²) in [6, 6.07) is 22.5. The van der Waals surface area contributed by atoms with E-state index in [0.717, 1.165) is 6.61 Å². The number of rotatable bonds is 11. The van der Waals surface area contributed by atoms with Crippen LogP contribution in [-0.2, 0) is 8.85 Å². The average molecular weight is 661 g/mol. The lowest BCUT2D eigenvalue weighted by Crippen LogP contribution is -2.67. The van der Waals surface area contributed by atoms with Crippen molar-refractivity contribution < 1.29 is 8.85 Å². The van der Waals surface area contributed by atoms with Crippen LogP contribution in [0.3, 0.4) is 0 Å². The first-order valence-electron chi connectivity index (χ1n) is 18.7. The molecule has 2 nitrogen and oxygen atoms in total. The van der Waals surface area contributed by atoms with E-state index in [-0.39, 0.29) is 5.04 Å². The first kappa shape index (κ1) is 37.4. The summed E-state index contributed by atoms with van der Waals surface area (Å²) in [5.41, 5.74) is 3.38. The van der Waals surface area contributed by atoms with Gasteiger partial charge in [0.2, 0.25) is 8.32 Å². The minimum atomic E-state index is -2.65. The van der Waals surface area contributed by atoms with Crippen molar-refractivity contribution in [3.63, 3.8) is 0 Å². The Balaban J connectivity index is 1.82. The molecule has 2 saturated carbocycles. The van der Waals surface area contributed by atoms with E-state index in [1.165, 1.54) is 29.6 Å². The summed E-state index contributed by atoms with van der Waals surface area (Å²) in [7, 11) is -4.65. The fraction of sp³-hybridized carbons (Fsp3) is 0.667. The predicted molar refractivity (Wildman–Crippen MR) is 205 cm³/mol. The first-order chi connectivity index (χ1) is 21.6. The highest BCUT2D eigenvalue weighted by molar-refractivity contribution is 6.99. The second-order valence-electron chi connectivity index (χ2n) is 17.2. The molecule has 2 aromatic carbocycles. The maximum Gasteiger partial charge on any atom is 0.261 e. The number of benzene rings is 2. The minimum absolute atomic E-state index is 0.0264. The van der Waals surface area contributed by atoms with Gasteiger partial charge in [0.25, 0.3) is 8.32 Å². The van der Waals surface area contributed by atoms with Gasteiger partial charge >= 0.3 is 0 Å². The van der Waals surface area contributed by atoms with Gasteiger partial charge in [-0.2, -0.15) is 0 Å². The van der Waals surface area contributed by atoms with Crippen LogP contribution in [-0.4, -0.2) is 29.3 Å². The van der Waals surface area contributed by atoms with Gasteiger partial charge in [0.05, 0.1) is 0 Å². The van der Waals surface area contributed by atoms with Gasteiger partial charge in [-0.3, -0.25) is 0 Å². The quantitative estimate of drug-likeness (QED) is 0.176. The third-order valence-corrected chi connectivity index (χ3v) is 23.8. The van der Waals surface area contributed by atoms with Crippen LogP contribution in [0.5, 0.6) is 0 Å². The Bertz CT molecular complexity index is 1200. The molecule has 2 aliphatic carbocycles. The Morgan fingerprint density at radius 1 is 0.804 bits per heavy atom. The van der Waals surface area contributed by atoms with E-state index in [1.807, 2.05) is 0 Å². The molecule has 7 atom stereocenters. The van der Waals surface area contributed by atoms with Gasteiger partial charge in [-0.05, 0) is 101 Å². The highest BCUT2D eigenvalue weighted by atomic mass is 28.4. The molecule has 0 bridgehead atoms. The zero-order chi connectivity index (χ0) is 34.0. The fourth-order valence-electron chi connectivity index (χ4n) is 10.8. The molecule has 0 N–H and O–H groups in total. The van der Waals surface area contributed by atoms with Gasteiger partial charge in [0, 0.05) is 12.7 Å². The molecule has 0 amide bonds. The lowest BCUT2D eigenvalue weighted by molar-refractivity contribution is -0.0808. The molecule has 256 valence electrons. The van der Waals surface area contributed by atoms with Crippen molar-refractivity contribution in [1.29, 1.82) is 0 Å². The smallest absolute Gasteiger partial charge is 0.261 e. The molecular weight excluding hydrogens is 593 g/mol. The molecule has 2 fully saturated rings. The van der Waals surface area contributed by atoms with Crippen LogP contribution in [0.1, 0.15) is 109 Å². The van der Waals surface area contributed by atoms with Crippen molar-refractivity contribution >= 4 is 27.0 Å². The van der Waals surface area contributed by atoms with Gasteiger partial charge in [-0.15, -0.1) is 0 Å². The SMILES string of the molecule is C/C=C(\C)[C@H]1[C@@H](CO[Si](c2ccccc2)(c2ccccc2)C(C)(C)C)[C@H]2[C@@H](C[C@@H]1C)[C@@H](O[Si](C(C)C)(C(C)C)C(C)C)CC[C@@H]2C. The summed E-state index contributed by atoms with van der Waals surface area (Å²) in [5.74, 6) is 3.48. The van der Waals surface area contributed by atoms with Crippen molar-refractivity contribution in [2.24, 2.45) is 35.5 Å². The molecule has 0 heterocycles. The van der Waals surface area contributed by atoms with Crippen molar-refractivity contribution in [2.45, 2.75) is 137 Å². The van der Waals surface area contributed by atoms with Crippen molar-refractivity contribution in [3.05, 3.63) is 72.3 Å². The summed E-state index contributed by atoms with van der Waals surface area (Å²) in [4.78, 5) is 0. The van der Waals surface area contributed by atoms with Crippen LogP contribution in [0.2, 0.25) is 21.7 Å². The topological polar surface area (TPSA) is 18.5 Å². The standard InChI is InChI=1S/C42H68O2Si2/c1-14-32(8)40-34(10)27-37-39(44-45(29(2)3,30(4)5)31(6)7)26-25-33(9)41(37)38(40)28-43-46(42(11,12)13,35-21-17-15-18-22-35)36-23-19-16-20-24-36/h14-24,29-31,33-34,37-41H,25-28H2,1-13H3/b32-14+/t33-,34-,37-,38+,39-,40+,41+/m0/s1. The minimum Gasteiger partial charge on any atom is -0.413 e. The number of allylic oxidation sites excluding steroid dienone is 2. The van der Waals surface area contributed by atoms with Crippen LogP contribution < -0.4 is 10.4 Å². The molecule has 0 aliphatic heterocycles. The van der Waals surface area contributed by atoms with Gasteiger partial charge in [0.1, 0.15) is 0 Å². The Hall–Kier alpha value is -1.47. The van der Waals surface area contributed by atoms with Crippen molar-refractivity contribution in [1.82, 2.24) is 0 Å². The highest BCUT2D eigenvalue weighted by Gasteiger charge is 2.56. The molecule has 0 aromatic heterocycles. The van der Waals surface area contributed by atoms with E-state index >= 15 is 0 Å². The molecule has 0 unspecified atom stereocenters. The third kappa shape index (κ3) is 6.84. The van der Waals surface area contributed by atoms with Crippen LogP contribution in [0, 0.1) is 35.5 Å². The number of fused-ring (bicyclic) bond motifs is 1. The summed E-state index contributed by atoms with van der Waals surface area (Å²) >= 11 is 0. The Morgan fingerprint density at radius 2 is 1.30 bits per heavy atom. The zero-order valence-corrected chi connectivity index (χ0v) is 33.8. The molecule has 4 rings (SSSR count). The van der Waals surface area contributed by atoms with Gasteiger partial charge < -0.3 is 8.85 Å². The Morgan fingerprint density at radius 3 is 1.74 bits per heavy atom. The van der Waals surface area contributed by atoms with E-state index in [1.54, 1.807) is 5.57 Å². The summed E-state index contributed by atoms with van der Waals surface area (Å²) in [6.07, 6.45) is 6.50. The normalized spacial score (nSPS) is 28.2. The zero-order valence-electron chi connectivity index (χ0n) is 31.8. The maximum absolute atomic E-state index is 7.81.